The smallest absolute Gasteiger partial charge is 0.230 e. The van der Waals surface area contributed by atoms with Crippen LogP contribution in [0.15, 0.2) is 48.5 Å². The van der Waals surface area contributed by atoms with Crippen molar-refractivity contribution in [3.05, 3.63) is 65.5 Å². The van der Waals surface area contributed by atoms with Gasteiger partial charge in [-0.05, 0) is 61.3 Å². The Kier molecular flexibility index (Phi) is 6.35. The van der Waals surface area contributed by atoms with Crippen molar-refractivity contribution in [2.24, 2.45) is 0 Å². The first-order valence-corrected chi connectivity index (χ1v) is 9.96. The minimum Gasteiger partial charge on any atom is -0.497 e. The fourth-order valence-electron chi connectivity index (χ4n) is 3.87. The van der Waals surface area contributed by atoms with E-state index in [2.05, 4.69) is 30.1 Å². The summed E-state index contributed by atoms with van der Waals surface area (Å²) in [6.07, 6.45) is 1.61. The Labute approximate surface area is 166 Å². The molecule has 1 fully saturated rings. The van der Waals surface area contributed by atoms with Gasteiger partial charge in [-0.3, -0.25) is 9.69 Å². The maximum absolute atomic E-state index is 13.3. The van der Waals surface area contributed by atoms with Gasteiger partial charge in [0.15, 0.2) is 0 Å². The van der Waals surface area contributed by atoms with Gasteiger partial charge in [-0.25, -0.2) is 4.39 Å². The molecule has 0 aliphatic heterocycles. The number of rotatable bonds is 9. The molecule has 1 saturated carbocycles. The minimum absolute atomic E-state index is 0.0270. The van der Waals surface area contributed by atoms with Crippen LogP contribution < -0.4 is 10.1 Å². The first kappa shape index (κ1) is 20.3. The van der Waals surface area contributed by atoms with Gasteiger partial charge in [0, 0.05) is 6.54 Å². The molecule has 0 radical (unpaired) electrons. The Hall–Kier alpha value is -2.40. The quantitative estimate of drug-likeness (QED) is 0.709. The van der Waals surface area contributed by atoms with E-state index in [0.29, 0.717) is 6.54 Å². The largest absolute Gasteiger partial charge is 0.497 e. The normalized spacial score (nSPS) is 15.9. The zero-order valence-corrected chi connectivity index (χ0v) is 16.9. The van der Waals surface area contributed by atoms with E-state index in [4.69, 9.17) is 4.74 Å². The van der Waals surface area contributed by atoms with E-state index in [1.807, 2.05) is 18.2 Å². The molecule has 0 spiro atoms. The van der Waals surface area contributed by atoms with E-state index in [1.165, 1.54) is 12.1 Å². The number of halogens is 1. The van der Waals surface area contributed by atoms with Crippen LogP contribution in [0.25, 0.3) is 0 Å². The highest BCUT2D eigenvalue weighted by atomic mass is 19.1. The van der Waals surface area contributed by atoms with Crippen LogP contribution in [0.1, 0.15) is 43.9 Å². The van der Waals surface area contributed by atoms with E-state index in [9.17, 15) is 9.18 Å². The number of amides is 1. The van der Waals surface area contributed by atoms with E-state index in [1.54, 1.807) is 19.2 Å². The van der Waals surface area contributed by atoms with E-state index in [-0.39, 0.29) is 17.8 Å². The van der Waals surface area contributed by atoms with Crippen LogP contribution in [-0.4, -0.2) is 37.6 Å². The molecule has 5 heteroatoms. The van der Waals surface area contributed by atoms with Gasteiger partial charge in [0.05, 0.1) is 18.6 Å². The first-order chi connectivity index (χ1) is 13.5. The molecule has 1 atom stereocenters. The summed E-state index contributed by atoms with van der Waals surface area (Å²) in [5, 5.41) is 3.17. The summed E-state index contributed by atoms with van der Waals surface area (Å²) >= 11 is 0. The summed E-state index contributed by atoms with van der Waals surface area (Å²) in [7, 11) is 1.66. The summed E-state index contributed by atoms with van der Waals surface area (Å²) in [6.45, 7) is 6.55. The molecule has 1 N–H and O–H groups in total. The van der Waals surface area contributed by atoms with Crippen molar-refractivity contribution in [2.45, 2.75) is 38.1 Å². The van der Waals surface area contributed by atoms with Gasteiger partial charge in [0.2, 0.25) is 5.91 Å². The lowest BCUT2D eigenvalue weighted by Gasteiger charge is -2.31. The Morgan fingerprint density at radius 3 is 2.43 bits per heavy atom. The third-order valence-electron chi connectivity index (χ3n) is 5.77. The topological polar surface area (TPSA) is 41.6 Å². The summed E-state index contributed by atoms with van der Waals surface area (Å²) in [5.41, 5.74) is 1.51. The number of ether oxygens (including phenoxy) is 1. The summed E-state index contributed by atoms with van der Waals surface area (Å²) in [6, 6.07) is 14.4. The molecule has 28 heavy (non-hydrogen) atoms. The highest BCUT2D eigenvalue weighted by molar-refractivity contribution is 5.91. The number of carbonyl (C=O) groups is 1. The maximum atomic E-state index is 13.3. The predicted octanol–water partition coefficient (Wildman–Crippen LogP) is 4.07. The van der Waals surface area contributed by atoms with Crippen LogP contribution in [0.3, 0.4) is 0 Å². The molecule has 0 aromatic heterocycles. The van der Waals surface area contributed by atoms with Crippen molar-refractivity contribution in [3.63, 3.8) is 0 Å². The average molecular weight is 384 g/mol. The van der Waals surface area contributed by atoms with Crippen LogP contribution in [0.4, 0.5) is 4.39 Å². The average Bonchev–Trinajstić information content (AvgIpc) is 3.53. The zero-order chi connectivity index (χ0) is 20.1. The van der Waals surface area contributed by atoms with Gasteiger partial charge < -0.3 is 10.1 Å². The molecule has 1 aliphatic rings. The van der Waals surface area contributed by atoms with Crippen molar-refractivity contribution in [3.8, 4) is 5.75 Å². The molecule has 2 aromatic carbocycles. The zero-order valence-electron chi connectivity index (χ0n) is 16.9. The van der Waals surface area contributed by atoms with E-state index < -0.39 is 5.41 Å². The van der Waals surface area contributed by atoms with Crippen LogP contribution in [0, 0.1) is 5.82 Å². The Balaban J connectivity index is 1.76. The number of nitrogens with one attached hydrogen (secondary N) is 1. The molecule has 1 aliphatic carbocycles. The monoisotopic (exact) mass is 384 g/mol. The third kappa shape index (κ3) is 4.20. The molecule has 0 bridgehead atoms. The molecule has 2 aromatic rings. The first-order valence-electron chi connectivity index (χ1n) is 9.96. The molecular weight excluding hydrogens is 355 g/mol. The number of likely N-dealkylation sites (N-methyl/N-ethyl adjacent to an activating group) is 1. The Morgan fingerprint density at radius 1 is 1.18 bits per heavy atom. The fraction of sp³-hybridized carbons (Fsp3) is 0.435. The maximum Gasteiger partial charge on any atom is 0.230 e. The van der Waals surface area contributed by atoms with Crippen molar-refractivity contribution in [1.82, 2.24) is 10.2 Å². The fourth-order valence-corrected chi connectivity index (χ4v) is 3.87. The number of nitrogens with zero attached hydrogens (tertiary/aromatic N) is 1. The van der Waals surface area contributed by atoms with E-state index >= 15 is 0 Å². The van der Waals surface area contributed by atoms with Crippen LogP contribution in [0.2, 0.25) is 0 Å². The lowest BCUT2D eigenvalue weighted by molar-refractivity contribution is -0.123. The predicted molar refractivity (Wildman–Crippen MR) is 109 cm³/mol. The molecular formula is C23H29FN2O2. The Bertz CT molecular complexity index is 799. The second kappa shape index (κ2) is 8.74. The number of hydrogen-bond donors (Lipinski definition) is 1. The summed E-state index contributed by atoms with van der Waals surface area (Å²) in [5.74, 6) is 0.560. The van der Waals surface area contributed by atoms with Gasteiger partial charge in [-0.1, -0.05) is 38.1 Å². The van der Waals surface area contributed by atoms with Gasteiger partial charge in [-0.15, -0.1) is 0 Å². The number of benzene rings is 2. The SMILES string of the molecule is CCN(CC)[C@@H](CNC(=O)C1(c2ccc(F)cc2)CC1)c1cccc(OC)c1. The standard InChI is InChI=1S/C23H29FN2O2/c1-4-26(5-2)21(17-7-6-8-20(15-17)28-3)16-25-22(27)23(13-14-23)18-9-11-19(24)12-10-18/h6-12,15,21H,4-5,13-14,16H2,1-3H3,(H,25,27)/t21-/m0/s1. The highest BCUT2D eigenvalue weighted by Gasteiger charge is 2.51. The number of hydrogen-bond acceptors (Lipinski definition) is 3. The van der Waals surface area contributed by atoms with Gasteiger partial charge in [0.25, 0.3) is 0 Å². The van der Waals surface area contributed by atoms with Crippen LogP contribution in [0.5, 0.6) is 5.75 Å². The summed E-state index contributed by atoms with van der Waals surface area (Å²) < 4.78 is 18.6. The number of methoxy groups -OCH3 is 1. The van der Waals surface area contributed by atoms with Crippen molar-refractivity contribution >= 4 is 5.91 Å². The molecule has 150 valence electrons. The second-order valence-corrected chi connectivity index (χ2v) is 7.31. The van der Waals surface area contributed by atoms with Crippen molar-refractivity contribution < 1.29 is 13.9 Å². The number of carbonyl (C=O) groups excluding carboxylic acids is 1. The van der Waals surface area contributed by atoms with Crippen molar-refractivity contribution in [2.75, 3.05) is 26.7 Å². The van der Waals surface area contributed by atoms with E-state index in [0.717, 1.165) is 42.8 Å². The molecule has 0 unspecified atom stereocenters. The third-order valence-corrected chi connectivity index (χ3v) is 5.77. The molecule has 1 amide bonds. The molecule has 3 rings (SSSR count). The van der Waals surface area contributed by atoms with Crippen LogP contribution in [-0.2, 0) is 10.2 Å². The van der Waals surface area contributed by atoms with Gasteiger partial charge in [0.1, 0.15) is 11.6 Å². The van der Waals surface area contributed by atoms with Gasteiger partial charge >= 0.3 is 0 Å². The molecule has 4 nitrogen and oxygen atoms in total. The van der Waals surface area contributed by atoms with Crippen molar-refractivity contribution in [1.29, 1.82) is 0 Å². The van der Waals surface area contributed by atoms with Crippen LogP contribution >= 0.6 is 0 Å². The Morgan fingerprint density at radius 2 is 1.86 bits per heavy atom. The van der Waals surface area contributed by atoms with Gasteiger partial charge in [-0.2, -0.15) is 0 Å². The molecule has 0 heterocycles. The molecule has 0 saturated heterocycles. The minimum atomic E-state index is -0.504. The lowest BCUT2D eigenvalue weighted by atomic mass is 9.94. The second-order valence-electron chi connectivity index (χ2n) is 7.31. The summed E-state index contributed by atoms with van der Waals surface area (Å²) in [4.78, 5) is 15.3. The highest BCUT2D eigenvalue weighted by Crippen LogP contribution is 2.48. The lowest BCUT2D eigenvalue weighted by Crippen LogP contribution is -2.41.